The first-order valence-corrected chi connectivity index (χ1v) is 9.40. The maximum Gasteiger partial charge on any atom is 0.0367 e. The molecule has 1 aromatic rings. The molecule has 0 bridgehead atoms. The molecule has 1 saturated heterocycles. The topological polar surface area (TPSA) is 6.48 Å². The Morgan fingerprint density at radius 3 is 2.86 bits per heavy atom. The smallest absolute Gasteiger partial charge is 0.0367 e. The van der Waals surface area contributed by atoms with Crippen LogP contribution in [0.1, 0.15) is 38.3 Å². The molecular formula is C18H28N2S. The van der Waals surface area contributed by atoms with Crippen molar-refractivity contribution in [3.8, 4) is 0 Å². The Bertz CT molecular complexity index is 460. The summed E-state index contributed by atoms with van der Waals surface area (Å²) in [5, 5.41) is 0. The summed E-state index contributed by atoms with van der Waals surface area (Å²) in [6, 6.07) is 9.70. The van der Waals surface area contributed by atoms with Crippen molar-refractivity contribution in [2.45, 2.75) is 37.6 Å². The van der Waals surface area contributed by atoms with Crippen molar-refractivity contribution in [1.29, 1.82) is 0 Å². The lowest BCUT2D eigenvalue weighted by Crippen LogP contribution is -2.35. The fourth-order valence-corrected chi connectivity index (χ4v) is 4.81. The van der Waals surface area contributed by atoms with Gasteiger partial charge in [-0.2, -0.15) is 0 Å². The molecule has 0 spiro atoms. The van der Waals surface area contributed by atoms with Gasteiger partial charge in [-0.25, -0.2) is 0 Å². The lowest BCUT2D eigenvalue weighted by Gasteiger charge is -2.35. The molecule has 2 aliphatic rings. The highest BCUT2D eigenvalue weighted by Crippen LogP contribution is 2.39. The van der Waals surface area contributed by atoms with E-state index < -0.39 is 0 Å². The van der Waals surface area contributed by atoms with Crippen LogP contribution in [0.2, 0.25) is 0 Å². The van der Waals surface area contributed by atoms with Gasteiger partial charge in [-0.15, -0.1) is 11.8 Å². The van der Waals surface area contributed by atoms with Gasteiger partial charge in [0.1, 0.15) is 0 Å². The van der Waals surface area contributed by atoms with Crippen molar-refractivity contribution in [2.75, 3.05) is 38.5 Å². The van der Waals surface area contributed by atoms with Gasteiger partial charge < -0.3 is 4.90 Å². The molecule has 0 radical (unpaired) electrons. The zero-order valence-corrected chi connectivity index (χ0v) is 14.2. The van der Waals surface area contributed by atoms with E-state index in [0.717, 1.165) is 5.92 Å². The average molecular weight is 305 g/mol. The average Bonchev–Trinajstić information content (AvgIpc) is 2.71. The summed E-state index contributed by atoms with van der Waals surface area (Å²) >= 11 is 2.03. The lowest BCUT2D eigenvalue weighted by atomic mass is 10.0. The Kier molecular flexibility index (Phi) is 5.25. The van der Waals surface area contributed by atoms with Gasteiger partial charge in [0.15, 0.2) is 0 Å². The van der Waals surface area contributed by atoms with Gasteiger partial charge in [0.05, 0.1) is 0 Å². The van der Waals surface area contributed by atoms with Crippen molar-refractivity contribution in [2.24, 2.45) is 5.92 Å². The summed E-state index contributed by atoms with van der Waals surface area (Å²) in [6.07, 6.45) is 2.63. The summed E-state index contributed by atoms with van der Waals surface area (Å²) in [5.41, 5.74) is 1.58. The van der Waals surface area contributed by atoms with E-state index in [9.17, 15) is 0 Å². The number of thioether (sulfide) groups is 1. The minimum absolute atomic E-state index is 0.654. The number of fused-ring (bicyclic) bond motifs is 1. The molecule has 0 N–H and O–H groups in total. The molecule has 3 rings (SSSR count). The maximum atomic E-state index is 2.75. The number of hydrogen-bond donors (Lipinski definition) is 0. The van der Waals surface area contributed by atoms with Crippen LogP contribution in [0.25, 0.3) is 0 Å². The predicted octanol–water partition coefficient (Wildman–Crippen LogP) is 3.89. The van der Waals surface area contributed by atoms with Crippen LogP contribution >= 0.6 is 11.8 Å². The van der Waals surface area contributed by atoms with Gasteiger partial charge in [-0.3, -0.25) is 4.90 Å². The lowest BCUT2D eigenvalue weighted by molar-refractivity contribution is 0.187. The highest BCUT2D eigenvalue weighted by molar-refractivity contribution is 7.99. The Morgan fingerprint density at radius 2 is 2.00 bits per heavy atom. The van der Waals surface area contributed by atoms with Gasteiger partial charge in [-0.05, 0) is 42.7 Å². The molecule has 21 heavy (non-hydrogen) atoms. The Morgan fingerprint density at radius 1 is 1.14 bits per heavy atom. The van der Waals surface area contributed by atoms with Gasteiger partial charge in [0, 0.05) is 37.1 Å². The molecule has 0 amide bonds. The normalized spacial score (nSPS) is 24.8. The molecule has 0 saturated carbocycles. The second kappa shape index (κ2) is 7.17. The second-order valence-corrected chi connectivity index (χ2v) is 7.91. The van der Waals surface area contributed by atoms with E-state index in [4.69, 9.17) is 0 Å². The standard InChI is InChI=1S/C18H28N2S/c1-15(2)14-19-9-5-10-20(12-11-19)17-8-13-21-18-7-4-3-6-16(17)18/h3-4,6-7,15,17H,5,8-14H2,1-2H3. The van der Waals surface area contributed by atoms with E-state index in [2.05, 4.69) is 47.9 Å². The molecule has 2 aliphatic heterocycles. The van der Waals surface area contributed by atoms with E-state index in [0.29, 0.717) is 6.04 Å². The minimum Gasteiger partial charge on any atom is -0.302 e. The zero-order chi connectivity index (χ0) is 14.7. The first kappa shape index (κ1) is 15.4. The van der Waals surface area contributed by atoms with E-state index >= 15 is 0 Å². The van der Waals surface area contributed by atoms with E-state index in [-0.39, 0.29) is 0 Å². The summed E-state index contributed by atoms with van der Waals surface area (Å²) in [4.78, 5) is 6.92. The first-order valence-electron chi connectivity index (χ1n) is 8.42. The van der Waals surface area contributed by atoms with E-state index in [1.165, 1.54) is 56.2 Å². The van der Waals surface area contributed by atoms with E-state index in [1.54, 1.807) is 5.56 Å². The van der Waals surface area contributed by atoms with Crippen LogP contribution in [-0.2, 0) is 0 Å². The van der Waals surface area contributed by atoms with Gasteiger partial charge in [0.2, 0.25) is 0 Å². The monoisotopic (exact) mass is 304 g/mol. The van der Waals surface area contributed by atoms with E-state index in [1.807, 2.05) is 11.8 Å². The van der Waals surface area contributed by atoms with Gasteiger partial charge >= 0.3 is 0 Å². The van der Waals surface area contributed by atoms with Crippen LogP contribution in [0.4, 0.5) is 0 Å². The third-order valence-corrected chi connectivity index (χ3v) is 5.74. The predicted molar refractivity (Wildman–Crippen MR) is 92.0 cm³/mol. The summed E-state index contributed by atoms with van der Waals surface area (Å²) in [7, 11) is 0. The Labute approximate surface area is 133 Å². The molecule has 1 unspecified atom stereocenters. The Hall–Kier alpha value is -0.510. The van der Waals surface area contributed by atoms with Crippen molar-refractivity contribution < 1.29 is 0 Å². The molecule has 0 aliphatic carbocycles. The van der Waals surface area contributed by atoms with Gasteiger partial charge in [-0.1, -0.05) is 32.0 Å². The number of hydrogen-bond acceptors (Lipinski definition) is 3. The molecule has 1 fully saturated rings. The van der Waals surface area contributed by atoms with Crippen LogP contribution in [0.5, 0.6) is 0 Å². The molecule has 1 aromatic carbocycles. The third-order valence-electron chi connectivity index (χ3n) is 4.61. The second-order valence-electron chi connectivity index (χ2n) is 6.77. The van der Waals surface area contributed by atoms with Gasteiger partial charge in [0.25, 0.3) is 0 Å². The molecule has 116 valence electrons. The highest BCUT2D eigenvalue weighted by Gasteiger charge is 2.27. The zero-order valence-electron chi connectivity index (χ0n) is 13.4. The van der Waals surface area contributed by atoms with Crippen molar-refractivity contribution >= 4 is 11.8 Å². The highest BCUT2D eigenvalue weighted by atomic mass is 32.2. The van der Waals surface area contributed by atoms with Crippen molar-refractivity contribution in [3.05, 3.63) is 29.8 Å². The van der Waals surface area contributed by atoms with Crippen LogP contribution in [0, 0.1) is 5.92 Å². The van der Waals surface area contributed by atoms with Crippen molar-refractivity contribution in [3.63, 3.8) is 0 Å². The van der Waals surface area contributed by atoms with Crippen LogP contribution < -0.4 is 0 Å². The van der Waals surface area contributed by atoms with Crippen LogP contribution in [0.3, 0.4) is 0 Å². The molecule has 3 heteroatoms. The third kappa shape index (κ3) is 3.82. The minimum atomic E-state index is 0.654. The molecule has 1 atom stereocenters. The molecule has 0 aromatic heterocycles. The number of nitrogens with zero attached hydrogens (tertiary/aromatic N) is 2. The molecule has 2 heterocycles. The fourth-order valence-electron chi connectivity index (χ4n) is 3.70. The quantitative estimate of drug-likeness (QED) is 0.836. The SMILES string of the molecule is CC(C)CN1CCCN(C2CCSc3ccccc32)CC1. The summed E-state index contributed by atoms with van der Waals surface area (Å²) in [6.45, 7) is 10.9. The largest absolute Gasteiger partial charge is 0.302 e. The van der Waals surface area contributed by atoms with Crippen molar-refractivity contribution in [1.82, 2.24) is 9.80 Å². The van der Waals surface area contributed by atoms with Crippen LogP contribution in [-0.4, -0.2) is 48.3 Å². The van der Waals surface area contributed by atoms with Crippen LogP contribution in [0.15, 0.2) is 29.2 Å². The number of rotatable bonds is 3. The number of benzene rings is 1. The molecule has 2 nitrogen and oxygen atoms in total. The molecular weight excluding hydrogens is 276 g/mol. The maximum absolute atomic E-state index is 2.75. The summed E-state index contributed by atoms with van der Waals surface area (Å²) < 4.78 is 0. The Balaban J connectivity index is 1.68. The first-order chi connectivity index (χ1) is 10.2. The summed E-state index contributed by atoms with van der Waals surface area (Å²) in [5.74, 6) is 2.05. The fraction of sp³-hybridized carbons (Fsp3) is 0.667.